The lowest BCUT2D eigenvalue weighted by Gasteiger charge is -2.18. The van der Waals surface area contributed by atoms with Crippen LogP contribution in [0.5, 0.6) is 0 Å². The molecule has 0 fully saturated rings. The van der Waals surface area contributed by atoms with E-state index in [4.69, 9.17) is 14.2 Å². The van der Waals surface area contributed by atoms with Gasteiger partial charge in [0.15, 0.2) is 6.10 Å². The Labute approximate surface area is 374 Å². The van der Waals surface area contributed by atoms with Gasteiger partial charge in [0.2, 0.25) is 0 Å². The van der Waals surface area contributed by atoms with Crippen LogP contribution in [0.3, 0.4) is 0 Å². The van der Waals surface area contributed by atoms with Gasteiger partial charge in [0.05, 0.1) is 0 Å². The molecule has 0 aliphatic rings. The molecule has 0 aromatic rings. The Kier molecular flexibility index (Phi) is 48.7. The molecule has 0 spiro atoms. The van der Waals surface area contributed by atoms with Gasteiger partial charge >= 0.3 is 17.9 Å². The molecule has 0 amide bonds. The van der Waals surface area contributed by atoms with E-state index in [9.17, 15) is 14.4 Å². The first-order chi connectivity index (χ1) is 29.5. The molecule has 0 aliphatic heterocycles. The van der Waals surface area contributed by atoms with Gasteiger partial charge in [0.25, 0.3) is 0 Å². The summed E-state index contributed by atoms with van der Waals surface area (Å²) in [6.45, 7) is 6.63. The number of esters is 3. The maximum Gasteiger partial charge on any atom is 0.306 e. The van der Waals surface area contributed by atoms with Crippen LogP contribution < -0.4 is 0 Å². The molecule has 0 radical (unpaired) electrons. The van der Waals surface area contributed by atoms with Crippen molar-refractivity contribution in [2.24, 2.45) is 0 Å². The molecular weight excluding hydrogens is 745 g/mol. The summed E-state index contributed by atoms with van der Waals surface area (Å²) in [5, 5.41) is 0. The lowest BCUT2D eigenvalue weighted by Crippen LogP contribution is -2.30. The van der Waals surface area contributed by atoms with Crippen molar-refractivity contribution in [3.8, 4) is 0 Å². The molecule has 6 nitrogen and oxygen atoms in total. The second-order valence-corrected chi connectivity index (χ2v) is 18.5. The topological polar surface area (TPSA) is 78.9 Å². The highest BCUT2D eigenvalue weighted by Crippen LogP contribution is 2.17. The zero-order chi connectivity index (χ0) is 43.7. The third-order valence-electron chi connectivity index (χ3n) is 12.4. The summed E-state index contributed by atoms with van der Waals surface area (Å²) >= 11 is 0. The minimum Gasteiger partial charge on any atom is -0.462 e. The molecule has 0 saturated heterocycles. The highest BCUT2D eigenvalue weighted by atomic mass is 16.6. The molecule has 356 valence electrons. The Bertz CT molecular complexity index is 889. The summed E-state index contributed by atoms with van der Waals surface area (Å²) in [6.07, 6.45) is 54.2. The second kappa shape index (κ2) is 50.1. The average Bonchev–Trinajstić information content (AvgIpc) is 3.24. The minimum atomic E-state index is -0.758. The zero-order valence-electron chi connectivity index (χ0n) is 40.8. The predicted octanol–water partition coefficient (Wildman–Crippen LogP) is 17.6. The maximum atomic E-state index is 12.7. The number of unbranched alkanes of at least 4 members (excludes halogenated alkanes) is 39. The molecule has 1 atom stereocenters. The van der Waals surface area contributed by atoms with E-state index in [1.807, 2.05) is 0 Å². The summed E-state index contributed by atoms with van der Waals surface area (Å²) < 4.78 is 16.7. The van der Waals surface area contributed by atoms with Crippen molar-refractivity contribution < 1.29 is 28.6 Å². The fourth-order valence-corrected chi connectivity index (χ4v) is 8.27. The van der Waals surface area contributed by atoms with Crippen molar-refractivity contribution in [3.05, 3.63) is 0 Å². The second-order valence-electron chi connectivity index (χ2n) is 18.5. The Morgan fingerprint density at radius 3 is 0.667 bits per heavy atom. The van der Waals surface area contributed by atoms with Crippen molar-refractivity contribution in [1.29, 1.82) is 0 Å². The van der Waals surface area contributed by atoms with Gasteiger partial charge in [0, 0.05) is 19.3 Å². The first-order valence-corrected chi connectivity index (χ1v) is 27.0. The first kappa shape index (κ1) is 58.4. The van der Waals surface area contributed by atoms with Crippen molar-refractivity contribution in [2.45, 2.75) is 316 Å². The summed E-state index contributed by atoms with van der Waals surface area (Å²) in [6, 6.07) is 0. The van der Waals surface area contributed by atoms with E-state index in [-0.39, 0.29) is 31.1 Å². The summed E-state index contributed by atoms with van der Waals surface area (Å²) in [4.78, 5) is 37.7. The van der Waals surface area contributed by atoms with Gasteiger partial charge < -0.3 is 14.2 Å². The SMILES string of the molecule is CCCCCCCCCCCCCCCCCCCCCCCCCCCC(=O)OCC(COC(=O)CCCCCCCCC)OC(=O)CCCCCCCCCCCC. The molecule has 0 aromatic carbocycles. The molecule has 0 rings (SSSR count). The summed E-state index contributed by atoms with van der Waals surface area (Å²) in [5.41, 5.74) is 0. The van der Waals surface area contributed by atoms with Crippen LogP contribution in [-0.4, -0.2) is 37.2 Å². The van der Waals surface area contributed by atoms with Crippen LogP contribution in [0.25, 0.3) is 0 Å². The summed E-state index contributed by atoms with van der Waals surface area (Å²) in [5.74, 6) is -0.853. The van der Waals surface area contributed by atoms with Gasteiger partial charge in [-0.1, -0.05) is 271 Å². The molecular formula is C54H104O6. The van der Waals surface area contributed by atoms with Gasteiger partial charge in [-0.3, -0.25) is 14.4 Å². The molecule has 0 aromatic heterocycles. The number of rotatable bonds is 50. The average molecular weight is 849 g/mol. The van der Waals surface area contributed by atoms with Crippen LogP contribution >= 0.6 is 0 Å². The molecule has 0 heterocycles. The van der Waals surface area contributed by atoms with Crippen molar-refractivity contribution in [2.75, 3.05) is 13.2 Å². The van der Waals surface area contributed by atoms with Crippen molar-refractivity contribution in [1.82, 2.24) is 0 Å². The van der Waals surface area contributed by atoms with Crippen LogP contribution in [0, 0.1) is 0 Å². The van der Waals surface area contributed by atoms with Crippen LogP contribution in [0.15, 0.2) is 0 Å². The largest absolute Gasteiger partial charge is 0.462 e. The van der Waals surface area contributed by atoms with Crippen LogP contribution in [0.1, 0.15) is 310 Å². The number of carbonyl (C=O) groups excluding carboxylic acids is 3. The molecule has 0 aliphatic carbocycles. The smallest absolute Gasteiger partial charge is 0.306 e. The number of hydrogen-bond donors (Lipinski definition) is 0. The monoisotopic (exact) mass is 849 g/mol. The van der Waals surface area contributed by atoms with Gasteiger partial charge in [-0.25, -0.2) is 0 Å². The predicted molar refractivity (Wildman–Crippen MR) is 257 cm³/mol. The van der Waals surface area contributed by atoms with E-state index in [1.165, 1.54) is 212 Å². The van der Waals surface area contributed by atoms with Gasteiger partial charge in [-0.15, -0.1) is 0 Å². The van der Waals surface area contributed by atoms with E-state index in [2.05, 4.69) is 20.8 Å². The molecule has 60 heavy (non-hydrogen) atoms. The maximum absolute atomic E-state index is 12.7. The zero-order valence-corrected chi connectivity index (χ0v) is 40.8. The molecule has 1 unspecified atom stereocenters. The van der Waals surface area contributed by atoms with E-state index in [0.717, 1.165) is 57.8 Å². The third kappa shape index (κ3) is 47.5. The third-order valence-corrected chi connectivity index (χ3v) is 12.4. The highest BCUT2D eigenvalue weighted by Gasteiger charge is 2.19. The van der Waals surface area contributed by atoms with Crippen LogP contribution in [-0.2, 0) is 28.6 Å². The van der Waals surface area contributed by atoms with Crippen LogP contribution in [0.2, 0.25) is 0 Å². The Morgan fingerprint density at radius 1 is 0.267 bits per heavy atom. The van der Waals surface area contributed by atoms with E-state index in [1.54, 1.807) is 0 Å². The molecule has 6 heteroatoms. The summed E-state index contributed by atoms with van der Waals surface area (Å²) in [7, 11) is 0. The van der Waals surface area contributed by atoms with E-state index < -0.39 is 6.10 Å². The quantitative estimate of drug-likeness (QED) is 0.0345. The normalized spacial score (nSPS) is 11.8. The Hall–Kier alpha value is -1.59. The number of carbonyl (C=O) groups is 3. The van der Waals surface area contributed by atoms with Crippen LogP contribution in [0.4, 0.5) is 0 Å². The van der Waals surface area contributed by atoms with E-state index >= 15 is 0 Å². The van der Waals surface area contributed by atoms with Gasteiger partial charge in [-0.05, 0) is 19.3 Å². The molecule has 0 saturated carbocycles. The van der Waals surface area contributed by atoms with E-state index in [0.29, 0.717) is 19.3 Å². The standard InChI is InChI=1S/C54H104O6/c1-4-7-10-13-16-18-20-21-22-23-24-25-26-27-28-29-30-31-32-33-34-36-38-41-44-47-53(56)59-50-51(49-58-52(55)46-43-40-37-15-12-9-6-3)60-54(57)48-45-42-39-35-19-17-14-11-8-5-2/h51H,4-50H2,1-3H3. The first-order valence-electron chi connectivity index (χ1n) is 27.0. The molecule has 0 N–H and O–H groups in total. The lowest BCUT2D eigenvalue weighted by atomic mass is 10.0. The fourth-order valence-electron chi connectivity index (χ4n) is 8.27. The van der Waals surface area contributed by atoms with Crippen molar-refractivity contribution >= 4 is 17.9 Å². The Balaban J connectivity index is 3.99. The Morgan fingerprint density at radius 2 is 0.450 bits per heavy atom. The number of ether oxygens (including phenoxy) is 3. The highest BCUT2D eigenvalue weighted by molar-refractivity contribution is 5.71. The van der Waals surface area contributed by atoms with Gasteiger partial charge in [-0.2, -0.15) is 0 Å². The minimum absolute atomic E-state index is 0.0627. The van der Waals surface area contributed by atoms with Crippen molar-refractivity contribution in [3.63, 3.8) is 0 Å². The lowest BCUT2D eigenvalue weighted by molar-refractivity contribution is -0.167. The fraction of sp³-hybridized carbons (Fsp3) is 0.944. The number of hydrogen-bond acceptors (Lipinski definition) is 6. The molecule has 0 bridgehead atoms. The van der Waals surface area contributed by atoms with Gasteiger partial charge in [0.1, 0.15) is 13.2 Å².